The average Bonchev–Trinajstić information content (AvgIpc) is 2.48. The van der Waals surface area contributed by atoms with Crippen molar-refractivity contribution >= 4 is 17.1 Å². The van der Waals surface area contributed by atoms with Gasteiger partial charge in [0.2, 0.25) is 0 Å². The third-order valence-electron chi connectivity index (χ3n) is 3.25. The van der Waals surface area contributed by atoms with E-state index in [2.05, 4.69) is 0 Å². The van der Waals surface area contributed by atoms with Gasteiger partial charge < -0.3 is 5.73 Å². The number of hydrogen-bond acceptors (Lipinski definition) is 3. The lowest BCUT2D eigenvalue weighted by molar-refractivity contribution is 0.0739. The van der Waals surface area contributed by atoms with Crippen molar-refractivity contribution in [1.29, 1.82) is 0 Å². The summed E-state index contributed by atoms with van der Waals surface area (Å²) in [6.45, 7) is 9.58. The highest BCUT2D eigenvalue weighted by atomic mass is 32.1. The van der Waals surface area contributed by atoms with Gasteiger partial charge in [-0.25, -0.2) is 0 Å². The van der Waals surface area contributed by atoms with Gasteiger partial charge in [-0.3, -0.25) is 4.79 Å². The van der Waals surface area contributed by atoms with Gasteiger partial charge in [0, 0.05) is 11.0 Å². The van der Waals surface area contributed by atoms with Crippen LogP contribution in [0.2, 0.25) is 0 Å². The molecule has 0 radical (unpaired) electrons. The zero-order chi connectivity index (χ0) is 11.9. The largest absolute Gasteiger partial charge is 0.325 e. The summed E-state index contributed by atoms with van der Waals surface area (Å²) < 4.78 is 0. The number of hydrogen-bond donors (Lipinski definition) is 1. The monoisotopic (exact) mass is 225 g/mol. The maximum atomic E-state index is 12.3. The summed E-state index contributed by atoms with van der Waals surface area (Å²) in [6.07, 6.45) is 0. The number of nitrogens with two attached hydrogens (primary N) is 1. The van der Waals surface area contributed by atoms with E-state index >= 15 is 0 Å². The Bertz CT molecular complexity index is 371. The highest BCUT2D eigenvalue weighted by Gasteiger charge is 2.41. The molecule has 0 aliphatic carbocycles. The minimum Gasteiger partial charge on any atom is -0.325 e. The number of Topliss-reactive ketones (excluding diaryl/α,β-unsaturated/α-hetero) is 1. The van der Waals surface area contributed by atoms with E-state index in [-0.39, 0.29) is 5.78 Å². The van der Waals surface area contributed by atoms with Gasteiger partial charge in [0.05, 0.1) is 4.88 Å². The summed E-state index contributed by atoms with van der Waals surface area (Å²) in [7, 11) is 0. The van der Waals surface area contributed by atoms with Gasteiger partial charge >= 0.3 is 0 Å². The van der Waals surface area contributed by atoms with Crippen LogP contribution in [-0.4, -0.2) is 11.3 Å². The molecule has 0 amide bonds. The summed E-state index contributed by atoms with van der Waals surface area (Å²) in [6, 6.07) is 1.97. The second-order valence-electron chi connectivity index (χ2n) is 5.11. The van der Waals surface area contributed by atoms with Crippen molar-refractivity contribution in [3.8, 4) is 0 Å². The molecule has 0 bridgehead atoms. The first-order valence-electron chi connectivity index (χ1n) is 5.05. The van der Waals surface area contributed by atoms with E-state index in [1.807, 2.05) is 46.1 Å². The topological polar surface area (TPSA) is 43.1 Å². The molecule has 1 aromatic heterocycles. The van der Waals surface area contributed by atoms with Crippen LogP contribution >= 0.6 is 11.3 Å². The van der Waals surface area contributed by atoms with Crippen LogP contribution in [0.15, 0.2) is 11.4 Å². The molecule has 2 nitrogen and oxygen atoms in total. The highest BCUT2D eigenvalue weighted by Crippen LogP contribution is 2.34. The van der Waals surface area contributed by atoms with Gasteiger partial charge in [0.1, 0.15) is 0 Å². The average molecular weight is 225 g/mol. The fourth-order valence-electron chi connectivity index (χ4n) is 1.18. The molecule has 0 aromatic carbocycles. The first-order chi connectivity index (χ1) is 6.68. The van der Waals surface area contributed by atoms with Crippen LogP contribution < -0.4 is 5.73 Å². The summed E-state index contributed by atoms with van der Waals surface area (Å²) in [5.41, 5.74) is 6.05. The minimum absolute atomic E-state index is 0.141. The standard InChI is InChI=1S/C12H19NOS/c1-8-6-7-15-9(8)10(14)11(2,3)12(4,5)13/h6-7H,13H2,1-5H3. The van der Waals surface area contributed by atoms with E-state index in [4.69, 9.17) is 5.73 Å². The number of thiophene rings is 1. The first-order valence-corrected chi connectivity index (χ1v) is 5.93. The fraction of sp³-hybridized carbons (Fsp3) is 0.583. The lowest BCUT2D eigenvalue weighted by Gasteiger charge is -2.36. The molecule has 3 heteroatoms. The third kappa shape index (κ3) is 2.13. The molecule has 0 aliphatic heterocycles. The number of carbonyl (C=O) groups is 1. The normalized spacial score (nSPS) is 12.9. The molecule has 1 aromatic rings. The van der Waals surface area contributed by atoms with Gasteiger partial charge in [-0.05, 0) is 37.8 Å². The summed E-state index contributed by atoms with van der Waals surface area (Å²) in [4.78, 5) is 13.2. The van der Waals surface area contributed by atoms with E-state index in [0.717, 1.165) is 10.4 Å². The Morgan fingerprint density at radius 1 is 1.33 bits per heavy atom. The minimum atomic E-state index is -0.539. The van der Waals surface area contributed by atoms with Crippen molar-refractivity contribution in [1.82, 2.24) is 0 Å². The Hall–Kier alpha value is -0.670. The smallest absolute Gasteiger partial charge is 0.180 e. The predicted molar refractivity (Wildman–Crippen MR) is 65.4 cm³/mol. The van der Waals surface area contributed by atoms with Crippen molar-refractivity contribution in [2.45, 2.75) is 40.2 Å². The lowest BCUT2D eigenvalue weighted by Crippen LogP contribution is -2.51. The molecule has 0 saturated heterocycles. The Balaban J connectivity index is 3.11. The van der Waals surface area contributed by atoms with Gasteiger partial charge in [0.15, 0.2) is 5.78 Å². The van der Waals surface area contributed by atoms with E-state index < -0.39 is 11.0 Å². The molecule has 2 N–H and O–H groups in total. The number of ketones is 1. The Morgan fingerprint density at radius 2 is 1.87 bits per heavy atom. The quantitative estimate of drug-likeness (QED) is 0.804. The zero-order valence-corrected chi connectivity index (χ0v) is 10.9. The first kappa shape index (κ1) is 12.4. The fourth-order valence-corrected chi connectivity index (χ4v) is 2.21. The van der Waals surface area contributed by atoms with Crippen molar-refractivity contribution in [2.75, 3.05) is 0 Å². The van der Waals surface area contributed by atoms with Crippen molar-refractivity contribution in [2.24, 2.45) is 11.1 Å². The molecular weight excluding hydrogens is 206 g/mol. The van der Waals surface area contributed by atoms with Gasteiger partial charge in [-0.15, -0.1) is 11.3 Å². The summed E-state index contributed by atoms with van der Waals surface area (Å²) in [5, 5.41) is 1.95. The van der Waals surface area contributed by atoms with Gasteiger partial charge in [-0.2, -0.15) is 0 Å². The number of rotatable bonds is 3. The maximum absolute atomic E-state index is 12.3. The second kappa shape index (κ2) is 3.72. The molecule has 0 fully saturated rings. The third-order valence-corrected chi connectivity index (χ3v) is 4.26. The maximum Gasteiger partial charge on any atom is 0.180 e. The Labute approximate surface area is 95.5 Å². The van der Waals surface area contributed by atoms with Crippen LogP contribution in [0.4, 0.5) is 0 Å². The summed E-state index contributed by atoms with van der Waals surface area (Å²) in [5.74, 6) is 0.141. The van der Waals surface area contributed by atoms with Crippen LogP contribution in [0.3, 0.4) is 0 Å². The number of carbonyl (C=O) groups excluding carboxylic acids is 1. The molecule has 0 aliphatic rings. The van der Waals surface area contributed by atoms with E-state index in [1.54, 1.807) is 0 Å². The van der Waals surface area contributed by atoms with Crippen LogP contribution in [0.1, 0.15) is 42.9 Å². The summed E-state index contributed by atoms with van der Waals surface area (Å²) >= 11 is 1.50. The van der Waals surface area contributed by atoms with Crippen LogP contribution in [0.25, 0.3) is 0 Å². The molecule has 0 atom stereocenters. The molecule has 1 rings (SSSR count). The van der Waals surface area contributed by atoms with E-state index in [0.29, 0.717) is 0 Å². The van der Waals surface area contributed by atoms with Crippen LogP contribution in [-0.2, 0) is 0 Å². The van der Waals surface area contributed by atoms with Crippen molar-refractivity contribution < 1.29 is 4.79 Å². The Kier molecular flexibility index (Phi) is 3.08. The highest BCUT2D eigenvalue weighted by molar-refractivity contribution is 7.12. The van der Waals surface area contributed by atoms with Crippen LogP contribution in [0.5, 0.6) is 0 Å². The van der Waals surface area contributed by atoms with Crippen LogP contribution in [0, 0.1) is 12.3 Å². The second-order valence-corrected chi connectivity index (χ2v) is 6.02. The molecular formula is C12H19NOS. The Morgan fingerprint density at radius 3 is 2.20 bits per heavy atom. The molecule has 0 unspecified atom stereocenters. The van der Waals surface area contributed by atoms with E-state index in [1.165, 1.54) is 11.3 Å². The molecule has 0 saturated carbocycles. The molecule has 0 spiro atoms. The van der Waals surface area contributed by atoms with E-state index in [9.17, 15) is 4.79 Å². The zero-order valence-electron chi connectivity index (χ0n) is 10.0. The van der Waals surface area contributed by atoms with Crippen molar-refractivity contribution in [3.63, 3.8) is 0 Å². The SMILES string of the molecule is Cc1ccsc1C(=O)C(C)(C)C(C)(C)N. The molecule has 1 heterocycles. The predicted octanol–water partition coefficient (Wildman–Crippen LogP) is 3.00. The lowest BCUT2D eigenvalue weighted by atomic mass is 9.71. The van der Waals surface area contributed by atoms with Crippen molar-refractivity contribution in [3.05, 3.63) is 21.9 Å². The van der Waals surface area contributed by atoms with Gasteiger partial charge in [-0.1, -0.05) is 13.8 Å². The van der Waals surface area contributed by atoms with Gasteiger partial charge in [0.25, 0.3) is 0 Å². The molecule has 15 heavy (non-hydrogen) atoms. The number of aryl methyl sites for hydroxylation is 1. The molecule has 84 valence electrons.